The van der Waals surface area contributed by atoms with Gasteiger partial charge in [0, 0.05) is 31.6 Å². The van der Waals surface area contributed by atoms with Crippen molar-refractivity contribution in [3.63, 3.8) is 0 Å². The van der Waals surface area contributed by atoms with Crippen LogP contribution >= 0.6 is 0 Å². The molecule has 3 rings (SSSR count). The predicted molar refractivity (Wildman–Crippen MR) is 68.9 cm³/mol. The van der Waals surface area contributed by atoms with Crippen molar-refractivity contribution < 1.29 is 4.79 Å². The summed E-state index contributed by atoms with van der Waals surface area (Å²) in [4.78, 5) is 14.0. The first-order valence-corrected chi connectivity index (χ1v) is 6.90. The number of nitrogens with one attached hydrogen (secondary N) is 2. The second kappa shape index (κ2) is 5.83. The highest BCUT2D eigenvalue weighted by atomic mass is 16.1. The number of amides is 1. The monoisotopic (exact) mass is 239 g/mol. The molecule has 1 atom stereocenters. The van der Waals surface area contributed by atoms with Gasteiger partial charge in [0.2, 0.25) is 5.91 Å². The minimum Gasteiger partial charge on any atom is -0.354 e. The molecule has 0 aromatic rings. The van der Waals surface area contributed by atoms with E-state index in [1.165, 1.54) is 32.5 Å². The highest BCUT2D eigenvalue weighted by Crippen LogP contribution is 2.27. The zero-order chi connectivity index (χ0) is 12.3. The van der Waals surface area contributed by atoms with Crippen molar-refractivity contribution in [1.29, 1.82) is 0 Å². The van der Waals surface area contributed by atoms with Crippen molar-refractivity contribution in [1.82, 2.24) is 15.5 Å². The van der Waals surface area contributed by atoms with E-state index >= 15 is 0 Å². The average molecular weight is 239 g/mol. The van der Waals surface area contributed by atoms with Gasteiger partial charge in [0.05, 0.1) is 0 Å². The van der Waals surface area contributed by atoms with E-state index in [1.54, 1.807) is 0 Å². The van der Waals surface area contributed by atoms with Crippen LogP contribution in [0.5, 0.6) is 0 Å². The molecule has 3 aliphatic heterocycles. The molecule has 1 unspecified atom stereocenters. The smallest absolute Gasteiger partial charge is 0.221 e. The molecule has 3 saturated heterocycles. The second-order valence-electron chi connectivity index (χ2n) is 5.67. The Hall–Kier alpha value is -0.610. The van der Waals surface area contributed by atoms with Crippen LogP contribution in [0.15, 0.2) is 0 Å². The SMILES string of the molecule is CC(C)NC(=O)CCNC1CN2CCC1CC2. The van der Waals surface area contributed by atoms with Gasteiger partial charge in [0.1, 0.15) is 0 Å². The lowest BCUT2D eigenvalue weighted by atomic mass is 9.84. The number of carbonyl (C=O) groups is 1. The predicted octanol–water partition coefficient (Wildman–Crippen LogP) is 0.585. The van der Waals surface area contributed by atoms with Crippen LogP contribution in [-0.2, 0) is 4.79 Å². The number of hydrogen-bond donors (Lipinski definition) is 2. The summed E-state index contributed by atoms with van der Waals surface area (Å²) in [6.45, 7) is 8.54. The molecule has 17 heavy (non-hydrogen) atoms. The van der Waals surface area contributed by atoms with Gasteiger partial charge in [-0.05, 0) is 45.7 Å². The lowest BCUT2D eigenvalue weighted by Crippen LogP contribution is -2.56. The summed E-state index contributed by atoms with van der Waals surface area (Å²) in [5, 5.41) is 6.48. The van der Waals surface area contributed by atoms with Crippen LogP contribution in [0.3, 0.4) is 0 Å². The van der Waals surface area contributed by atoms with Gasteiger partial charge in [-0.25, -0.2) is 0 Å². The molecule has 0 aromatic carbocycles. The fourth-order valence-electron chi connectivity index (χ4n) is 2.96. The lowest BCUT2D eigenvalue weighted by Gasteiger charge is -2.45. The van der Waals surface area contributed by atoms with Gasteiger partial charge in [-0.1, -0.05) is 0 Å². The minimum atomic E-state index is 0.161. The summed E-state index contributed by atoms with van der Waals surface area (Å²) in [7, 11) is 0. The Morgan fingerprint density at radius 2 is 2.06 bits per heavy atom. The Morgan fingerprint density at radius 3 is 2.59 bits per heavy atom. The van der Waals surface area contributed by atoms with Crippen molar-refractivity contribution in [2.45, 2.75) is 45.2 Å². The minimum absolute atomic E-state index is 0.161. The average Bonchev–Trinajstić information content (AvgIpc) is 2.29. The molecule has 98 valence electrons. The van der Waals surface area contributed by atoms with Crippen LogP contribution in [0.1, 0.15) is 33.1 Å². The number of rotatable bonds is 5. The third-order valence-corrected chi connectivity index (χ3v) is 3.86. The van der Waals surface area contributed by atoms with E-state index in [2.05, 4.69) is 15.5 Å². The van der Waals surface area contributed by atoms with Crippen molar-refractivity contribution >= 4 is 5.91 Å². The topological polar surface area (TPSA) is 44.4 Å². The fraction of sp³-hybridized carbons (Fsp3) is 0.923. The fourth-order valence-corrected chi connectivity index (χ4v) is 2.96. The molecule has 0 spiro atoms. The van der Waals surface area contributed by atoms with E-state index in [0.717, 1.165) is 12.5 Å². The van der Waals surface area contributed by atoms with Crippen molar-refractivity contribution in [3.8, 4) is 0 Å². The molecule has 4 nitrogen and oxygen atoms in total. The summed E-state index contributed by atoms with van der Waals surface area (Å²) in [5.41, 5.74) is 0. The first-order chi connectivity index (χ1) is 8.15. The maximum atomic E-state index is 11.5. The van der Waals surface area contributed by atoms with E-state index in [-0.39, 0.29) is 11.9 Å². The maximum absolute atomic E-state index is 11.5. The van der Waals surface area contributed by atoms with E-state index in [0.29, 0.717) is 12.5 Å². The highest BCUT2D eigenvalue weighted by Gasteiger charge is 2.33. The second-order valence-corrected chi connectivity index (χ2v) is 5.67. The Morgan fingerprint density at radius 1 is 1.35 bits per heavy atom. The van der Waals surface area contributed by atoms with Gasteiger partial charge in [0.15, 0.2) is 0 Å². The van der Waals surface area contributed by atoms with Gasteiger partial charge in [-0.2, -0.15) is 0 Å². The molecule has 0 radical (unpaired) electrons. The van der Waals surface area contributed by atoms with Crippen molar-refractivity contribution in [2.24, 2.45) is 5.92 Å². The van der Waals surface area contributed by atoms with Crippen LogP contribution in [0.25, 0.3) is 0 Å². The molecule has 1 amide bonds. The normalized spacial score (nSPS) is 31.8. The summed E-state index contributed by atoms with van der Waals surface area (Å²) < 4.78 is 0. The van der Waals surface area contributed by atoms with E-state index in [1.807, 2.05) is 13.8 Å². The Balaban J connectivity index is 1.64. The largest absolute Gasteiger partial charge is 0.354 e. The quantitative estimate of drug-likeness (QED) is 0.738. The third-order valence-electron chi connectivity index (χ3n) is 3.86. The number of nitrogens with zero attached hydrogens (tertiary/aromatic N) is 1. The Labute approximate surface area is 104 Å². The first kappa shape index (κ1) is 12.8. The van der Waals surface area contributed by atoms with Crippen LogP contribution in [0, 0.1) is 5.92 Å². The number of piperidine rings is 3. The summed E-state index contributed by atoms with van der Waals surface area (Å²) >= 11 is 0. The van der Waals surface area contributed by atoms with Crippen LogP contribution in [-0.4, -0.2) is 49.1 Å². The first-order valence-electron chi connectivity index (χ1n) is 6.90. The number of carbonyl (C=O) groups excluding carboxylic acids is 1. The van der Waals surface area contributed by atoms with E-state index in [4.69, 9.17) is 0 Å². The molecule has 2 bridgehead atoms. The Bertz CT molecular complexity index is 259. The van der Waals surface area contributed by atoms with Crippen LogP contribution in [0.2, 0.25) is 0 Å². The van der Waals surface area contributed by atoms with Crippen LogP contribution in [0.4, 0.5) is 0 Å². The molecule has 4 heteroatoms. The molecular formula is C13H25N3O. The molecule has 0 saturated carbocycles. The summed E-state index contributed by atoms with van der Waals surface area (Å²) in [5.74, 6) is 1.00. The number of fused-ring (bicyclic) bond motifs is 3. The van der Waals surface area contributed by atoms with Gasteiger partial charge in [-0.15, -0.1) is 0 Å². The molecule has 0 aliphatic carbocycles. The third kappa shape index (κ3) is 3.68. The molecule has 0 aromatic heterocycles. The highest BCUT2D eigenvalue weighted by molar-refractivity contribution is 5.76. The summed E-state index contributed by atoms with van der Waals surface area (Å²) in [6, 6.07) is 0.864. The van der Waals surface area contributed by atoms with Crippen LogP contribution < -0.4 is 10.6 Å². The van der Waals surface area contributed by atoms with Gasteiger partial charge in [-0.3, -0.25) is 4.79 Å². The van der Waals surface area contributed by atoms with Gasteiger partial charge in [0.25, 0.3) is 0 Å². The van der Waals surface area contributed by atoms with Crippen molar-refractivity contribution in [3.05, 3.63) is 0 Å². The molecule has 3 aliphatic rings. The maximum Gasteiger partial charge on any atom is 0.221 e. The Kier molecular flexibility index (Phi) is 4.40. The molecule has 3 fully saturated rings. The van der Waals surface area contributed by atoms with Gasteiger partial charge < -0.3 is 15.5 Å². The van der Waals surface area contributed by atoms with E-state index in [9.17, 15) is 4.79 Å². The molecule has 3 heterocycles. The lowest BCUT2D eigenvalue weighted by molar-refractivity contribution is -0.121. The van der Waals surface area contributed by atoms with Crippen molar-refractivity contribution in [2.75, 3.05) is 26.2 Å². The summed E-state index contributed by atoms with van der Waals surface area (Å²) in [6.07, 6.45) is 3.26. The van der Waals surface area contributed by atoms with Gasteiger partial charge >= 0.3 is 0 Å². The molecule has 2 N–H and O–H groups in total. The molecular weight excluding hydrogens is 214 g/mol. The zero-order valence-electron chi connectivity index (χ0n) is 11.0. The number of hydrogen-bond acceptors (Lipinski definition) is 3. The standard InChI is InChI=1S/C13H25N3O/c1-10(2)15-13(17)3-6-14-12-9-16-7-4-11(12)5-8-16/h10-12,14H,3-9H2,1-2H3,(H,15,17). The van der Waals surface area contributed by atoms with E-state index < -0.39 is 0 Å². The zero-order valence-corrected chi connectivity index (χ0v) is 11.0.